The lowest BCUT2D eigenvalue weighted by atomic mass is 10.0. The van der Waals surface area contributed by atoms with E-state index in [0.717, 1.165) is 23.3 Å². The molecule has 3 unspecified atom stereocenters. The Morgan fingerprint density at radius 3 is 2.44 bits per heavy atom. The molecule has 2 nitrogen and oxygen atoms in total. The third-order valence-electron chi connectivity index (χ3n) is 4.49. The number of nitrogens with zero attached hydrogens (tertiary/aromatic N) is 1. The van der Waals surface area contributed by atoms with E-state index in [1.54, 1.807) is 0 Å². The summed E-state index contributed by atoms with van der Waals surface area (Å²) in [5, 5.41) is 4.33. The molecular formula is C15H21ClN2. The average molecular weight is 265 g/mol. The highest BCUT2D eigenvalue weighted by Gasteiger charge is 2.37. The van der Waals surface area contributed by atoms with Gasteiger partial charge in [-0.1, -0.05) is 23.7 Å². The Hall–Kier alpha value is -0.570. The molecule has 3 rings (SSSR count). The van der Waals surface area contributed by atoms with Crippen molar-refractivity contribution in [2.45, 2.75) is 19.4 Å². The zero-order valence-corrected chi connectivity index (χ0v) is 11.7. The average Bonchev–Trinajstić information content (AvgIpc) is 2.92. The van der Waals surface area contributed by atoms with Crippen LogP contribution in [0.4, 0.5) is 0 Å². The number of hydrogen-bond acceptors (Lipinski definition) is 2. The normalized spacial score (nSPS) is 29.4. The monoisotopic (exact) mass is 264 g/mol. The van der Waals surface area contributed by atoms with Crippen molar-refractivity contribution >= 4 is 11.6 Å². The second-order valence-corrected chi connectivity index (χ2v) is 6.25. The molecule has 0 aliphatic carbocycles. The van der Waals surface area contributed by atoms with Crippen LogP contribution in [0.2, 0.25) is 5.02 Å². The Bertz CT molecular complexity index is 391. The van der Waals surface area contributed by atoms with Gasteiger partial charge in [-0.2, -0.15) is 0 Å². The molecule has 0 saturated carbocycles. The van der Waals surface area contributed by atoms with Gasteiger partial charge in [-0.05, 0) is 56.0 Å². The highest BCUT2D eigenvalue weighted by atomic mass is 35.5. The summed E-state index contributed by atoms with van der Waals surface area (Å²) in [7, 11) is 0. The lowest BCUT2D eigenvalue weighted by Gasteiger charge is -2.25. The predicted octanol–water partition coefficient (Wildman–Crippen LogP) is 2.42. The van der Waals surface area contributed by atoms with Crippen molar-refractivity contribution in [1.82, 2.24) is 10.2 Å². The SMILES string of the molecule is CC(Cc1ccc(Cl)cc1)N1CC2CNCC2C1. The van der Waals surface area contributed by atoms with E-state index in [1.165, 1.54) is 31.7 Å². The van der Waals surface area contributed by atoms with E-state index in [2.05, 4.69) is 29.3 Å². The van der Waals surface area contributed by atoms with E-state index in [1.807, 2.05) is 12.1 Å². The van der Waals surface area contributed by atoms with E-state index in [9.17, 15) is 0 Å². The largest absolute Gasteiger partial charge is 0.316 e. The first kappa shape index (κ1) is 12.5. The molecule has 2 saturated heterocycles. The Kier molecular flexibility index (Phi) is 3.60. The predicted molar refractivity (Wildman–Crippen MR) is 76.0 cm³/mol. The van der Waals surface area contributed by atoms with Gasteiger partial charge in [0.05, 0.1) is 0 Å². The maximum absolute atomic E-state index is 5.92. The van der Waals surface area contributed by atoms with Gasteiger partial charge in [-0.25, -0.2) is 0 Å². The number of likely N-dealkylation sites (tertiary alicyclic amines) is 1. The molecule has 18 heavy (non-hydrogen) atoms. The van der Waals surface area contributed by atoms with Crippen LogP contribution < -0.4 is 5.32 Å². The molecule has 3 heteroatoms. The van der Waals surface area contributed by atoms with Gasteiger partial charge in [0.15, 0.2) is 0 Å². The van der Waals surface area contributed by atoms with Crippen LogP contribution in [0.25, 0.3) is 0 Å². The number of rotatable bonds is 3. The maximum Gasteiger partial charge on any atom is 0.0406 e. The first-order valence-corrected chi connectivity index (χ1v) is 7.29. The Morgan fingerprint density at radius 1 is 1.22 bits per heavy atom. The lowest BCUT2D eigenvalue weighted by Crippen LogP contribution is -2.35. The van der Waals surface area contributed by atoms with E-state index >= 15 is 0 Å². The van der Waals surface area contributed by atoms with Crippen molar-refractivity contribution in [3.63, 3.8) is 0 Å². The summed E-state index contributed by atoms with van der Waals surface area (Å²) in [5.41, 5.74) is 1.39. The molecule has 2 heterocycles. The fourth-order valence-electron chi connectivity index (χ4n) is 3.34. The maximum atomic E-state index is 5.92. The first-order valence-electron chi connectivity index (χ1n) is 6.91. The van der Waals surface area contributed by atoms with E-state index in [-0.39, 0.29) is 0 Å². The van der Waals surface area contributed by atoms with Gasteiger partial charge >= 0.3 is 0 Å². The summed E-state index contributed by atoms with van der Waals surface area (Å²) < 4.78 is 0. The fourth-order valence-corrected chi connectivity index (χ4v) is 3.47. The Morgan fingerprint density at radius 2 is 1.83 bits per heavy atom. The molecule has 0 bridgehead atoms. The minimum Gasteiger partial charge on any atom is -0.316 e. The van der Waals surface area contributed by atoms with E-state index in [4.69, 9.17) is 11.6 Å². The molecule has 2 aliphatic rings. The van der Waals surface area contributed by atoms with Gasteiger partial charge in [0.2, 0.25) is 0 Å². The van der Waals surface area contributed by atoms with Gasteiger partial charge in [-0.3, -0.25) is 4.90 Å². The molecule has 2 aliphatic heterocycles. The van der Waals surface area contributed by atoms with Crippen LogP contribution in [0.3, 0.4) is 0 Å². The second kappa shape index (κ2) is 5.20. The molecule has 0 radical (unpaired) electrons. The summed E-state index contributed by atoms with van der Waals surface area (Å²) >= 11 is 5.92. The van der Waals surface area contributed by atoms with Crippen molar-refractivity contribution in [3.8, 4) is 0 Å². The van der Waals surface area contributed by atoms with Crippen LogP contribution in [-0.2, 0) is 6.42 Å². The van der Waals surface area contributed by atoms with Crippen molar-refractivity contribution in [2.24, 2.45) is 11.8 Å². The molecule has 0 amide bonds. The highest BCUT2D eigenvalue weighted by Crippen LogP contribution is 2.28. The van der Waals surface area contributed by atoms with Crippen molar-refractivity contribution in [3.05, 3.63) is 34.9 Å². The summed E-state index contributed by atoms with van der Waals surface area (Å²) in [4.78, 5) is 2.66. The van der Waals surface area contributed by atoms with Gasteiger partial charge < -0.3 is 5.32 Å². The van der Waals surface area contributed by atoms with Crippen LogP contribution in [-0.4, -0.2) is 37.1 Å². The topological polar surface area (TPSA) is 15.3 Å². The van der Waals surface area contributed by atoms with Crippen LogP contribution in [0.1, 0.15) is 12.5 Å². The van der Waals surface area contributed by atoms with E-state index in [0.29, 0.717) is 6.04 Å². The summed E-state index contributed by atoms with van der Waals surface area (Å²) in [6.45, 7) is 7.32. The lowest BCUT2D eigenvalue weighted by molar-refractivity contribution is 0.239. The number of fused-ring (bicyclic) bond motifs is 1. The van der Waals surface area contributed by atoms with Crippen LogP contribution in [0, 0.1) is 11.8 Å². The number of benzene rings is 1. The summed E-state index contributed by atoms with van der Waals surface area (Å²) in [6.07, 6.45) is 1.13. The third kappa shape index (κ3) is 2.56. The zero-order valence-electron chi connectivity index (χ0n) is 10.9. The Balaban J connectivity index is 1.58. The smallest absolute Gasteiger partial charge is 0.0406 e. The quantitative estimate of drug-likeness (QED) is 0.902. The molecular weight excluding hydrogens is 244 g/mol. The number of hydrogen-bond donors (Lipinski definition) is 1. The molecule has 1 aromatic carbocycles. The van der Waals surface area contributed by atoms with Crippen LogP contribution >= 0.6 is 11.6 Å². The minimum atomic E-state index is 0.636. The fraction of sp³-hybridized carbons (Fsp3) is 0.600. The van der Waals surface area contributed by atoms with E-state index < -0.39 is 0 Å². The number of halogens is 1. The van der Waals surface area contributed by atoms with Gasteiger partial charge in [0.25, 0.3) is 0 Å². The second-order valence-electron chi connectivity index (χ2n) is 5.81. The third-order valence-corrected chi connectivity index (χ3v) is 4.74. The zero-order chi connectivity index (χ0) is 12.5. The number of nitrogens with one attached hydrogen (secondary N) is 1. The van der Waals surface area contributed by atoms with Crippen molar-refractivity contribution < 1.29 is 0 Å². The molecule has 0 aromatic heterocycles. The molecule has 1 aromatic rings. The summed E-state index contributed by atoms with van der Waals surface area (Å²) in [6, 6.07) is 8.92. The van der Waals surface area contributed by atoms with Gasteiger partial charge in [0, 0.05) is 24.2 Å². The van der Waals surface area contributed by atoms with Crippen LogP contribution in [0.15, 0.2) is 24.3 Å². The highest BCUT2D eigenvalue weighted by molar-refractivity contribution is 6.30. The van der Waals surface area contributed by atoms with Crippen molar-refractivity contribution in [1.29, 1.82) is 0 Å². The molecule has 2 fully saturated rings. The molecule has 98 valence electrons. The van der Waals surface area contributed by atoms with Crippen molar-refractivity contribution in [2.75, 3.05) is 26.2 Å². The minimum absolute atomic E-state index is 0.636. The molecule has 3 atom stereocenters. The summed E-state index contributed by atoms with van der Waals surface area (Å²) in [5.74, 6) is 1.77. The Labute approximate surface area is 114 Å². The molecule has 0 spiro atoms. The first-order chi connectivity index (χ1) is 8.72. The van der Waals surface area contributed by atoms with Gasteiger partial charge in [0.1, 0.15) is 0 Å². The van der Waals surface area contributed by atoms with Crippen LogP contribution in [0.5, 0.6) is 0 Å². The van der Waals surface area contributed by atoms with Gasteiger partial charge in [-0.15, -0.1) is 0 Å². The molecule has 1 N–H and O–H groups in total. The standard InChI is InChI=1S/C15H21ClN2/c1-11(6-12-2-4-15(16)5-3-12)18-9-13-7-17-8-14(13)10-18/h2-5,11,13-14,17H,6-10H2,1H3.